The van der Waals surface area contributed by atoms with E-state index in [0.29, 0.717) is 16.3 Å². The molecule has 1 rings (SSSR count). The molecule has 0 fully saturated rings. The van der Waals surface area contributed by atoms with Crippen LogP contribution in [0.15, 0.2) is 18.2 Å². The third kappa shape index (κ3) is 3.59. The van der Waals surface area contributed by atoms with Crippen LogP contribution in [0.1, 0.15) is 5.56 Å². The van der Waals surface area contributed by atoms with Crippen LogP contribution < -0.4 is 4.31 Å². The number of anilines is 1. The van der Waals surface area contributed by atoms with Gasteiger partial charge in [-0.3, -0.25) is 9.10 Å². The molecule has 0 aliphatic carbocycles. The highest BCUT2D eigenvalue weighted by Gasteiger charge is 2.22. The number of benzene rings is 1. The minimum Gasteiger partial charge on any atom is -0.279 e. The highest BCUT2D eigenvalue weighted by molar-refractivity contribution is 7.92. The van der Waals surface area contributed by atoms with Gasteiger partial charge in [0.2, 0.25) is 15.3 Å². The molecule has 17 heavy (non-hydrogen) atoms. The van der Waals surface area contributed by atoms with Gasteiger partial charge in [-0.2, -0.15) is 0 Å². The Balaban J connectivity index is 3.32. The summed E-state index contributed by atoms with van der Waals surface area (Å²) in [5, 5.41) is -0.326. The zero-order valence-corrected chi connectivity index (χ0v) is 11.6. The largest absolute Gasteiger partial charge is 0.279 e. The summed E-state index contributed by atoms with van der Waals surface area (Å²) in [6.45, 7) is 1.26. The Hall–Kier alpha value is -0.780. The van der Waals surface area contributed by atoms with Crippen LogP contribution in [0.4, 0.5) is 5.69 Å². The summed E-state index contributed by atoms with van der Waals surface area (Å²) in [7, 11) is -3.58. The van der Waals surface area contributed by atoms with Gasteiger partial charge in [0, 0.05) is 5.02 Å². The molecule has 0 radical (unpaired) electrons. The number of rotatable bonds is 4. The summed E-state index contributed by atoms with van der Waals surface area (Å²) in [6.07, 6.45) is 1.01. The first kappa shape index (κ1) is 14.3. The molecular weight excluding hydrogens is 285 g/mol. The molecule has 1 aromatic carbocycles. The number of hydrogen-bond donors (Lipinski definition) is 0. The van der Waals surface area contributed by atoms with E-state index in [1.807, 2.05) is 0 Å². The van der Waals surface area contributed by atoms with Crippen molar-refractivity contribution in [2.24, 2.45) is 0 Å². The zero-order chi connectivity index (χ0) is 13.2. The summed E-state index contributed by atoms with van der Waals surface area (Å²) in [6, 6.07) is 4.83. The van der Waals surface area contributed by atoms with Gasteiger partial charge in [-0.15, -0.1) is 0 Å². The van der Waals surface area contributed by atoms with Crippen LogP contribution in [-0.2, 0) is 14.8 Å². The molecule has 0 aliphatic rings. The molecule has 0 N–H and O–H groups in total. The lowest BCUT2D eigenvalue weighted by Gasteiger charge is -2.22. The van der Waals surface area contributed by atoms with E-state index in [9.17, 15) is 13.2 Å². The van der Waals surface area contributed by atoms with E-state index < -0.39 is 21.8 Å². The van der Waals surface area contributed by atoms with Crippen LogP contribution >= 0.6 is 23.2 Å². The molecular formula is C10H11Cl2NO3S. The first-order chi connectivity index (χ1) is 7.73. The third-order valence-electron chi connectivity index (χ3n) is 2.18. The molecule has 0 atom stereocenters. The molecule has 4 nitrogen and oxygen atoms in total. The first-order valence-corrected chi connectivity index (χ1v) is 7.25. The molecule has 0 aromatic heterocycles. The van der Waals surface area contributed by atoms with E-state index in [4.69, 9.17) is 23.2 Å². The lowest BCUT2D eigenvalue weighted by atomic mass is 10.2. The molecule has 0 unspecified atom stereocenters. The van der Waals surface area contributed by atoms with Crippen molar-refractivity contribution in [2.45, 2.75) is 6.92 Å². The predicted octanol–water partition coefficient (Wildman–Crippen LogP) is 2.18. The number of sulfonamides is 1. The average Bonchev–Trinajstić information content (AvgIpc) is 2.17. The fourth-order valence-corrected chi connectivity index (χ4v) is 2.63. The smallest absolute Gasteiger partial charge is 0.242 e. The Bertz CT molecular complexity index is 542. The second-order valence-electron chi connectivity index (χ2n) is 3.51. The summed E-state index contributed by atoms with van der Waals surface area (Å²) in [5.74, 6) is 0. The highest BCUT2D eigenvalue weighted by Crippen LogP contribution is 2.28. The zero-order valence-electron chi connectivity index (χ0n) is 9.28. The van der Waals surface area contributed by atoms with E-state index in [2.05, 4.69) is 0 Å². The minimum atomic E-state index is -3.58. The van der Waals surface area contributed by atoms with Gasteiger partial charge in [0.1, 0.15) is 6.54 Å². The average molecular weight is 296 g/mol. The van der Waals surface area contributed by atoms with Crippen LogP contribution in [0.25, 0.3) is 0 Å². The predicted molar refractivity (Wildman–Crippen MR) is 69.2 cm³/mol. The molecule has 0 aliphatic heterocycles. The van der Waals surface area contributed by atoms with Gasteiger partial charge < -0.3 is 0 Å². The molecule has 94 valence electrons. The van der Waals surface area contributed by atoms with E-state index >= 15 is 0 Å². The maximum absolute atomic E-state index is 11.6. The van der Waals surface area contributed by atoms with Gasteiger partial charge in [-0.25, -0.2) is 8.42 Å². The summed E-state index contributed by atoms with van der Waals surface area (Å²) >= 11 is 11.1. The van der Waals surface area contributed by atoms with Crippen molar-refractivity contribution in [3.05, 3.63) is 28.8 Å². The van der Waals surface area contributed by atoms with Crippen LogP contribution in [0.5, 0.6) is 0 Å². The molecule has 1 aromatic rings. The Morgan fingerprint density at radius 2 is 2.00 bits per heavy atom. The van der Waals surface area contributed by atoms with Crippen LogP contribution in [0.2, 0.25) is 5.02 Å². The molecule has 0 spiro atoms. The molecule has 7 heteroatoms. The third-order valence-corrected chi connectivity index (χ3v) is 3.83. The van der Waals surface area contributed by atoms with Gasteiger partial charge in [-0.05, 0) is 36.2 Å². The van der Waals surface area contributed by atoms with Crippen molar-refractivity contribution in [3.63, 3.8) is 0 Å². The number of halogens is 2. The number of carbonyl (C=O) groups is 1. The van der Waals surface area contributed by atoms with Crippen molar-refractivity contribution in [1.29, 1.82) is 0 Å². The first-order valence-electron chi connectivity index (χ1n) is 4.64. The fraction of sp³-hybridized carbons (Fsp3) is 0.300. The lowest BCUT2D eigenvalue weighted by molar-refractivity contribution is -0.110. The maximum atomic E-state index is 11.6. The molecule has 0 saturated carbocycles. The Labute approximate surface area is 110 Å². The van der Waals surface area contributed by atoms with Crippen molar-refractivity contribution < 1.29 is 13.2 Å². The van der Waals surface area contributed by atoms with Gasteiger partial charge in [0.05, 0.1) is 11.9 Å². The second-order valence-corrected chi connectivity index (χ2v) is 6.24. The maximum Gasteiger partial charge on any atom is 0.242 e. The van der Waals surface area contributed by atoms with Crippen molar-refractivity contribution >= 4 is 44.2 Å². The molecule has 0 saturated heterocycles. The Kier molecular flexibility index (Phi) is 4.41. The number of carbonyl (C=O) groups excluding carboxylic acids is 1. The lowest BCUT2D eigenvalue weighted by Crippen LogP contribution is -2.34. The highest BCUT2D eigenvalue weighted by atomic mass is 35.5. The van der Waals surface area contributed by atoms with Crippen LogP contribution in [-0.4, -0.2) is 26.5 Å². The van der Waals surface area contributed by atoms with Crippen molar-refractivity contribution in [1.82, 2.24) is 0 Å². The molecule has 0 heterocycles. The van der Waals surface area contributed by atoms with Gasteiger partial charge in [0.25, 0.3) is 0 Å². The minimum absolute atomic E-state index is 0.356. The summed E-state index contributed by atoms with van der Waals surface area (Å²) < 4.78 is 24.1. The van der Waals surface area contributed by atoms with Crippen molar-refractivity contribution in [2.75, 3.05) is 17.1 Å². The number of nitrogens with zero attached hydrogens (tertiary/aromatic N) is 1. The molecule has 0 amide bonds. The van der Waals surface area contributed by atoms with Gasteiger partial charge >= 0.3 is 0 Å². The SMILES string of the molecule is Cc1c(Cl)cccc1N(CC(=O)Cl)S(C)(=O)=O. The standard InChI is InChI=1S/C10H11Cl2NO3S/c1-7-8(11)4-3-5-9(7)13(6-10(12)14)17(2,15)16/h3-5H,6H2,1-2H3. The summed E-state index contributed by atoms with van der Waals surface area (Å²) in [5.41, 5.74) is 0.937. The Morgan fingerprint density at radius 1 is 1.41 bits per heavy atom. The monoisotopic (exact) mass is 295 g/mol. The van der Waals surface area contributed by atoms with E-state index in [1.54, 1.807) is 25.1 Å². The van der Waals surface area contributed by atoms with E-state index in [1.165, 1.54) is 0 Å². The van der Waals surface area contributed by atoms with Gasteiger partial charge in [-0.1, -0.05) is 17.7 Å². The van der Waals surface area contributed by atoms with Crippen molar-refractivity contribution in [3.8, 4) is 0 Å². The summed E-state index contributed by atoms with van der Waals surface area (Å²) in [4.78, 5) is 10.9. The fourth-order valence-electron chi connectivity index (χ4n) is 1.36. The van der Waals surface area contributed by atoms with Crippen LogP contribution in [0.3, 0.4) is 0 Å². The number of hydrogen-bond acceptors (Lipinski definition) is 3. The van der Waals surface area contributed by atoms with Crippen LogP contribution in [0, 0.1) is 6.92 Å². The Morgan fingerprint density at radius 3 is 2.47 bits per heavy atom. The van der Waals surface area contributed by atoms with E-state index in [0.717, 1.165) is 10.6 Å². The molecule has 0 bridgehead atoms. The van der Waals surface area contributed by atoms with Gasteiger partial charge in [0.15, 0.2) is 0 Å². The second kappa shape index (κ2) is 5.25. The topological polar surface area (TPSA) is 54.5 Å². The normalized spacial score (nSPS) is 11.3. The van der Waals surface area contributed by atoms with E-state index in [-0.39, 0.29) is 0 Å². The quantitative estimate of drug-likeness (QED) is 0.800.